The normalized spacial score (nSPS) is 22.1. The molecule has 0 saturated carbocycles. The molecule has 236 valence electrons. The number of esters is 1. The third-order valence-corrected chi connectivity index (χ3v) is 8.82. The van der Waals surface area contributed by atoms with Crippen LogP contribution in [0.4, 0.5) is 5.95 Å². The lowest BCUT2D eigenvalue weighted by molar-refractivity contribution is -0.145. The Kier molecular flexibility index (Phi) is 9.37. The molecule has 4 N–H and O–H groups in total. The quantitative estimate of drug-likeness (QED) is 0.109. The molecule has 3 heterocycles. The van der Waals surface area contributed by atoms with E-state index in [2.05, 4.69) is 20.0 Å². The van der Waals surface area contributed by atoms with E-state index < -0.39 is 37.7 Å². The first-order valence-corrected chi connectivity index (χ1v) is 15.9. The van der Waals surface area contributed by atoms with Crippen LogP contribution in [-0.2, 0) is 23.4 Å². The van der Waals surface area contributed by atoms with Crippen molar-refractivity contribution in [3.05, 3.63) is 48.8 Å². The molecule has 5 atom stereocenters. The van der Waals surface area contributed by atoms with E-state index in [0.717, 1.165) is 11.8 Å². The maximum Gasteiger partial charge on any atom is 0.459 e. The summed E-state index contributed by atoms with van der Waals surface area (Å²) >= 11 is 0. The standard InChI is InChI=1S/C29H37N6O8P/c1-5-6-14-40-26(36)18(2)34-44(38,43-22-13-9-11-19-10-7-8-12-21(19)22)41-16-20-15-29(3,37)27(42-20)35-17-31-23-24(35)32-28(30)33-25(23)39-4/h7-13,17-18,20,27,37H,5-6,14-16H2,1-4H3,(H,34,38)(H2,30,32,33)/t18?,20-,27+,29+,44?/m0/s1. The number of rotatable bonds is 13. The van der Waals surface area contributed by atoms with Gasteiger partial charge in [0.25, 0.3) is 0 Å². The summed E-state index contributed by atoms with van der Waals surface area (Å²) in [5.41, 5.74) is 5.11. The number of benzene rings is 2. The summed E-state index contributed by atoms with van der Waals surface area (Å²) in [6.07, 6.45) is 1.45. The Labute approximate surface area is 254 Å². The summed E-state index contributed by atoms with van der Waals surface area (Å²) in [4.78, 5) is 25.3. The Bertz CT molecular complexity index is 1680. The lowest BCUT2D eigenvalue weighted by Gasteiger charge is -2.25. The number of fused-ring (bicyclic) bond motifs is 2. The van der Waals surface area contributed by atoms with Gasteiger partial charge in [-0.3, -0.25) is 13.9 Å². The molecule has 0 radical (unpaired) electrons. The highest BCUT2D eigenvalue weighted by Gasteiger charge is 2.47. The summed E-state index contributed by atoms with van der Waals surface area (Å²) in [7, 11) is -2.77. The van der Waals surface area contributed by atoms with Crippen molar-refractivity contribution in [2.24, 2.45) is 0 Å². The van der Waals surface area contributed by atoms with Gasteiger partial charge in [0.15, 0.2) is 17.4 Å². The summed E-state index contributed by atoms with van der Waals surface area (Å²) in [6, 6.07) is 11.8. The predicted molar refractivity (Wildman–Crippen MR) is 162 cm³/mol. The van der Waals surface area contributed by atoms with Crippen molar-refractivity contribution in [3.8, 4) is 11.6 Å². The number of nitrogens with one attached hydrogen (secondary N) is 1. The van der Waals surface area contributed by atoms with Crippen LogP contribution in [-0.4, -0.2) is 68.7 Å². The van der Waals surface area contributed by atoms with Crippen LogP contribution in [0.1, 0.15) is 46.3 Å². The monoisotopic (exact) mass is 628 g/mol. The lowest BCUT2D eigenvalue weighted by Crippen LogP contribution is -2.36. The highest BCUT2D eigenvalue weighted by Crippen LogP contribution is 2.48. The number of anilines is 1. The number of ether oxygens (including phenoxy) is 3. The molecule has 1 aliphatic rings. The van der Waals surface area contributed by atoms with E-state index in [4.69, 9.17) is 29.0 Å². The SMILES string of the molecule is CCCCOC(=O)C(C)NP(=O)(OC[C@@H]1C[C@@](C)(O)[C@H](n2cnc3c(OC)nc(N)nc32)O1)Oc1cccc2ccccc12. The first-order valence-electron chi connectivity index (χ1n) is 14.3. The van der Waals surface area contributed by atoms with Crippen LogP contribution in [0.25, 0.3) is 21.9 Å². The molecular formula is C29H37N6O8P. The molecule has 1 aliphatic heterocycles. The molecule has 0 amide bonds. The topological polar surface area (TPSA) is 182 Å². The van der Waals surface area contributed by atoms with Gasteiger partial charge in [-0.1, -0.05) is 49.7 Å². The molecule has 0 spiro atoms. The maximum absolute atomic E-state index is 14.2. The van der Waals surface area contributed by atoms with E-state index in [1.807, 2.05) is 37.3 Å². The van der Waals surface area contributed by atoms with Crippen LogP contribution in [0.3, 0.4) is 0 Å². The molecule has 2 unspecified atom stereocenters. The first-order chi connectivity index (χ1) is 21.0. The molecule has 1 saturated heterocycles. The average molecular weight is 629 g/mol. The minimum absolute atomic E-state index is 0.0337. The summed E-state index contributed by atoms with van der Waals surface area (Å²) in [6.45, 7) is 5.11. The molecule has 4 aromatic rings. The van der Waals surface area contributed by atoms with Crippen LogP contribution < -0.4 is 20.1 Å². The number of imidazole rings is 1. The van der Waals surface area contributed by atoms with Gasteiger partial charge in [0, 0.05) is 11.8 Å². The second-order valence-corrected chi connectivity index (χ2v) is 12.5. The largest absolute Gasteiger partial charge is 0.479 e. The van der Waals surface area contributed by atoms with E-state index in [1.165, 1.54) is 24.9 Å². The third kappa shape index (κ3) is 6.79. The van der Waals surface area contributed by atoms with Crippen LogP contribution in [0.15, 0.2) is 48.8 Å². The number of hydrogen-bond acceptors (Lipinski definition) is 12. The van der Waals surface area contributed by atoms with E-state index in [9.17, 15) is 14.5 Å². The van der Waals surface area contributed by atoms with Gasteiger partial charge in [-0.15, -0.1) is 0 Å². The molecule has 1 fully saturated rings. The highest BCUT2D eigenvalue weighted by atomic mass is 31.2. The number of hydrogen-bond donors (Lipinski definition) is 3. The fraction of sp³-hybridized carbons (Fsp3) is 0.448. The van der Waals surface area contributed by atoms with Gasteiger partial charge >= 0.3 is 13.7 Å². The van der Waals surface area contributed by atoms with E-state index in [0.29, 0.717) is 28.7 Å². The highest BCUT2D eigenvalue weighted by molar-refractivity contribution is 7.52. The lowest BCUT2D eigenvalue weighted by atomic mass is 10.0. The second-order valence-electron chi connectivity index (χ2n) is 10.8. The molecule has 0 bridgehead atoms. The van der Waals surface area contributed by atoms with E-state index in [-0.39, 0.29) is 31.5 Å². The Balaban J connectivity index is 1.37. The van der Waals surface area contributed by atoms with Crippen LogP contribution in [0.2, 0.25) is 0 Å². The van der Waals surface area contributed by atoms with E-state index >= 15 is 0 Å². The van der Waals surface area contributed by atoms with Crippen LogP contribution in [0, 0.1) is 0 Å². The molecule has 0 aliphatic carbocycles. The van der Waals surface area contributed by atoms with Crippen molar-refractivity contribution >= 4 is 41.6 Å². The number of aliphatic hydroxyl groups is 1. The van der Waals surface area contributed by atoms with Crippen molar-refractivity contribution in [1.29, 1.82) is 0 Å². The molecule has 2 aromatic heterocycles. The number of methoxy groups -OCH3 is 1. The fourth-order valence-corrected chi connectivity index (χ4v) is 6.57. The molecule has 15 heteroatoms. The molecule has 14 nitrogen and oxygen atoms in total. The van der Waals surface area contributed by atoms with Gasteiger partial charge in [-0.2, -0.15) is 15.1 Å². The number of nitrogens with zero attached hydrogens (tertiary/aromatic N) is 4. The average Bonchev–Trinajstić information content (AvgIpc) is 3.54. The van der Waals surface area contributed by atoms with Crippen molar-refractivity contribution in [2.45, 2.75) is 64.0 Å². The van der Waals surface area contributed by atoms with E-state index in [1.54, 1.807) is 19.1 Å². The Morgan fingerprint density at radius 1 is 1.27 bits per heavy atom. The molecule has 2 aromatic carbocycles. The zero-order chi connectivity index (χ0) is 31.5. The Hall–Kier alpha value is -3.81. The number of carbonyl (C=O) groups is 1. The maximum atomic E-state index is 14.2. The van der Waals surface area contributed by atoms with Gasteiger partial charge < -0.3 is 29.6 Å². The van der Waals surface area contributed by atoms with Gasteiger partial charge in [0.1, 0.15) is 17.4 Å². The summed E-state index contributed by atoms with van der Waals surface area (Å²) < 4.78 is 44.4. The number of aromatic nitrogens is 4. The smallest absolute Gasteiger partial charge is 0.459 e. The second kappa shape index (κ2) is 13.0. The molecular weight excluding hydrogens is 591 g/mol. The molecule has 44 heavy (non-hydrogen) atoms. The number of unbranched alkanes of at least 4 members (excludes halogenated alkanes) is 1. The number of nitrogen functional groups attached to an aromatic ring is 1. The van der Waals surface area contributed by atoms with Gasteiger partial charge in [0.2, 0.25) is 11.8 Å². The van der Waals surface area contributed by atoms with Crippen LogP contribution in [0.5, 0.6) is 11.6 Å². The number of carbonyl (C=O) groups excluding carboxylic acids is 1. The minimum Gasteiger partial charge on any atom is -0.479 e. The van der Waals surface area contributed by atoms with Crippen LogP contribution >= 0.6 is 7.75 Å². The van der Waals surface area contributed by atoms with Crippen molar-refractivity contribution in [2.75, 3.05) is 26.1 Å². The minimum atomic E-state index is -4.21. The summed E-state index contributed by atoms with van der Waals surface area (Å²) in [5, 5.41) is 15.6. The zero-order valence-electron chi connectivity index (χ0n) is 25.0. The van der Waals surface area contributed by atoms with Crippen molar-refractivity contribution in [1.82, 2.24) is 24.6 Å². The number of nitrogens with two attached hydrogens (primary N) is 1. The molecule has 5 rings (SSSR count). The summed E-state index contributed by atoms with van der Waals surface area (Å²) in [5.74, 6) is -0.135. The first kappa shape index (κ1) is 31.6. The predicted octanol–water partition coefficient (Wildman–Crippen LogP) is 4.13. The zero-order valence-corrected chi connectivity index (χ0v) is 25.9. The Morgan fingerprint density at radius 3 is 2.82 bits per heavy atom. The van der Waals surface area contributed by atoms with Crippen molar-refractivity contribution < 1.29 is 37.7 Å². The van der Waals surface area contributed by atoms with Gasteiger partial charge in [-0.25, -0.2) is 9.55 Å². The third-order valence-electron chi connectivity index (χ3n) is 7.19. The fourth-order valence-electron chi connectivity index (χ4n) is 5.03. The Morgan fingerprint density at radius 2 is 2.05 bits per heavy atom. The van der Waals surface area contributed by atoms with Crippen molar-refractivity contribution in [3.63, 3.8) is 0 Å². The van der Waals surface area contributed by atoms with Gasteiger partial charge in [0.05, 0.1) is 32.8 Å². The van der Waals surface area contributed by atoms with Gasteiger partial charge in [-0.05, 0) is 31.7 Å².